The first-order chi connectivity index (χ1) is 28.5. The number of piperazine rings is 2. The van der Waals surface area contributed by atoms with Crippen LogP contribution >= 0.6 is 12.4 Å². The van der Waals surface area contributed by atoms with Gasteiger partial charge in [0.05, 0.1) is 11.4 Å². The molecule has 11 nitrogen and oxygen atoms in total. The predicted octanol–water partition coefficient (Wildman–Crippen LogP) is 9.95. The molecule has 3 N–H and O–H groups in total. The van der Waals surface area contributed by atoms with E-state index < -0.39 is 31.6 Å². The van der Waals surface area contributed by atoms with Gasteiger partial charge in [-0.05, 0) is 104 Å². The number of nitrogens with one attached hydrogen (secondary N) is 2. The van der Waals surface area contributed by atoms with Gasteiger partial charge >= 0.3 is 12.1 Å². The summed E-state index contributed by atoms with van der Waals surface area (Å²) in [5.74, 6) is -1.46. The third-order valence-corrected chi connectivity index (χ3v) is 15.2. The van der Waals surface area contributed by atoms with Crippen LogP contribution in [0.4, 0.5) is 49.9 Å². The Morgan fingerprint density at radius 2 is 1.03 bits per heavy atom. The van der Waals surface area contributed by atoms with Crippen LogP contribution in [-0.4, -0.2) is 101 Å². The number of amides is 4. The van der Waals surface area contributed by atoms with Crippen LogP contribution in [0.3, 0.4) is 0 Å². The molecular weight excluding hydrogens is 832 g/mol. The number of nitrogens with zero attached hydrogens (tertiary/aromatic N) is 4. The fourth-order valence-corrected chi connectivity index (χ4v) is 7.32. The molecular formula is C44H57ClF4N6O5Si. The summed E-state index contributed by atoms with van der Waals surface area (Å²) >= 11 is 0. The molecule has 7 rings (SSSR count). The van der Waals surface area contributed by atoms with E-state index in [9.17, 15) is 32.3 Å². The maximum absolute atomic E-state index is 14.0. The van der Waals surface area contributed by atoms with Gasteiger partial charge in [0.2, 0.25) is 8.32 Å². The van der Waals surface area contributed by atoms with Gasteiger partial charge in [-0.15, -0.1) is 12.4 Å². The predicted molar refractivity (Wildman–Crippen MR) is 238 cm³/mol. The van der Waals surface area contributed by atoms with Crippen molar-refractivity contribution in [1.82, 2.24) is 9.80 Å². The van der Waals surface area contributed by atoms with E-state index in [0.717, 1.165) is 31.1 Å². The molecule has 0 atom stereocenters. The molecule has 3 heterocycles. The second-order valence-electron chi connectivity index (χ2n) is 16.3. The minimum Gasteiger partial charge on any atom is -0.544 e. The molecule has 332 valence electrons. The first-order valence-electron chi connectivity index (χ1n) is 20.2. The van der Waals surface area contributed by atoms with Crippen LogP contribution < -0.4 is 24.9 Å². The fourth-order valence-electron chi connectivity index (χ4n) is 6.29. The lowest BCUT2D eigenvalue weighted by Crippen LogP contribution is -2.50. The fraction of sp³-hybridized carbons (Fsp3) is 0.409. The van der Waals surface area contributed by atoms with Gasteiger partial charge in [0.25, 0.3) is 0 Å². The molecule has 0 aliphatic carbocycles. The van der Waals surface area contributed by atoms with Crippen LogP contribution in [0, 0.1) is 23.3 Å². The van der Waals surface area contributed by atoms with Gasteiger partial charge in [0.15, 0.2) is 0 Å². The number of hydrogen-bond acceptors (Lipinski definition) is 7. The standard InChI is InChI=1S/C23H31F2N3O2Si.C17H17F2N3O2.C4H8O.ClH/c1-23(2,3)31(4,5)30-19-9-7-18(8-10-19)26-22(29)28-14-12-27(13-15-28)21-11-6-17(24)16-20(21)25;18-12-1-6-16(15(19)11-12)21-7-9-22(10-8-21)17(24)20-13-2-4-14(23)5-3-13;1-2-4-5-3-1;/h6-11,16H,12-15H2,1-5H3,(H,26,29);1-6,11,23H,7-10H2,(H,20,24);1-4H2;1H. The molecule has 0 aromatic heterocycles. The van der Waals surface area contributed by atoms with Crippen molar-refractivity contribution in [1.29, 1.82) is 0 Å². The van der Waals surface area contributed by atoms with E-state index in [1.165, 1.54) is 49.2 Å². The molecule has 3 saturated heterocycles. The van der Waals surface area contributed by atoms with E-state index in [4.69, 9.17) is 9.16 Å². The molecule has 0 radical (unpaired) electrons. The molecule has 4 amide bonds. The lowest BCUT2D eigenvalue weighted by atomic mass is 10.2. The summed E-state index contributed by atoms with van der Waals surface area (Å²) < 4.78 is 65.1. The Bertz CT molecular complexity index is 2020. The zero-order valence-corrected chi connectivity index (χ0v) is 37.2. The first-order valence-corrected chi connectivity index (χ1v) is 23.1. The number of carbonyl (C=O) groups excluding carboxylic acids is 2. The first kappa shape index (κ1) is 48.5. The summed E-state index contributed by atoms with van der Waals surface area (Å²) in [7, 11) is -1.91. The van der Waals surface area contributed by atoms with Crippen LogP contribution in [0.15, 0.2) is 84.9 Å². The van der Waals surface area contributed by atoms with Crippen molar-refractivity contribution >= 4 is 55.5 Å². The number of phenolic OH excluding ortho intramolecular Hbond substituents is 1. The highest BCUT2D eigenvalue weighted by Gasteiger charge is 2.39. The number of phenols is 1. The Labute approximate surface area is 363 Å². The second-order valence-corrected chi connectivity index (χ2v) is 21.0. The van der Waals surface area contributed by atoms with Crippen LogP contribution in [0.25, 0.3) is 0 Å². The Morgan fingerprint density at radius 3 is 1.38 bits per heavy atom. The van der Waals surface area contributed by atoms with E-state index in [2.05, 4.69) is 44.5 Å². The monoisotopic (exact) mass is 888 g/mol. The number of hydrogen-bond donors (Lipinski definition) is 3. The Balaban J connectivity index is 0.000000242. The number of benzene rings is 4. The van der Waals surface area contributed by atoms with Crippen molar-refractivity contribution in [2.75, 3.05) is 86.0 Å². The summed E-state index contributed by atoms with van der Waals surface area (Å²) in [5.41, 5.74) is 1.98. The highest BCUT2D eigenvalue weighted by Crippen LogP contribution is 2.37. The number of ether oxygens (including phenoxy) is 1. The number of anilines is 4. The van der Waals surface area contributed by atoms with Crippen molar-refractivity contribution in [2.45, 2.75) is 51.7 Å². The Hall–Kier alpha value is -5.19. The van der Waals surface area contributed by atoms with Gasteiger partial charge in [0, 0.05) is 89.1 Å². The summed E-state index contributed by atoms with van der Waals surface area (Å²) in [5, 5.41) is 15.0. The van der Waals surface area contributed by atoms with Gasteiger partial charge in [0.1, 0.15) is 34.8 Å². The molecule has 4 aromatic rings. The molecule has 17 heteroatoms. The van der Waals surface area contributed by atoms with Crippen LogP contribution in [0.2, 0.25) is 18.1 Å². The molecule has 3 aliphatic heterocycles. The molecule has 4 aromatic carbocycles. The summed E-state index contributed by atoms with van der Waals surface area (Å²) in [4.78, 5) is 31.8. The maximum atomic E-state index is 14.0. The van der Waals surface area contributed by atoms with Crippen molar-refractivity contribution in [2.24, 2.45) is 0 Å². The molecule has 3 aliphatic rings. The number of rotatable bonds is 6. The van der Waals surface area contributed by atoms with Crippen LogP contribution in [0.5, 0.6) is 11.5 Å². The molecule has 0 spiro atoms. The van der Waals surface area contributed by atoms with E-state index in [1.54, 1.807) is 26.8 Å². The Morgan fingerprint density at radius 1 is 0.639 bits per heavy atom. The normalized spacial score (nSPS) is 15.4. The number of carbonyl (C=O) groups is 2. The van der Waals surface area contributed by atoms with E-state index >= 15 is 0 Å². The van der Waals surface area contributed by atoms with Crippen LogP contribution in [0.1, 0.15) is 33.6 Å². The third kappa shape index (κ3) is 14.2. The van der Waals surface area contributed by atoms with Gasteiger partial charge < -0.3 is 44.5 Å². The van der Waals surface area contributed by atoms with Gasteiger partial charge in [-0.3, -0.25) is 0 Å². The van der Waals surface area contributed by atoms with Crippen LogP contribution in [-0.2, 0) is 4.74 Å². The van der Waals surface area contributed by atoms with Gasteiger partial charge in [-0.1, -0.05) is 20.8 Å². The lowest BCUT2D eigenvalue weighted by Gasteiger charge is -2.36. The molecule has 0 saturated carbocycles. The lowest BCUT2D eigenvalue weighted by molar-refractivity contribution is 0.198. The molecule has 0 bridgehead atoms. The minimum absolute atomic E-state index is 0. The zero-order chi connectivity index (χ0) is 43.5. The zero-order valence-electron chi connectivity index (χ0n) is 35.4. The average molecular weight is 890 g/mol. The van der Waals surface area contributed by atoms with Crippen molar-refractivity contribution in [3.8, 4) is 11.5 Å². The third-order valence-electron chi connectivity index (χ3n) is 10.9. The second kappa shape index (κ2) is 22.1. The minimum atomic E-state index is -1.91. The summed E-state index contributed by atoms with van der Waals surface area (Å²) in [6.45, 7) is 16.6. The summed E-state index contributed by atoms with van der Waals surface area (Å²) in [6, 6.07) is 20.3. The highest BCUT2D eigenvalue weighted by molar-refractivity contribution is 6.74. The smallest absolute Gasteiger partial charge is 0.321 e. The number of urea groups is 2. The van der Waals surface area contributed by atoms with E-state index in [0.29, 0.717) is 75.1 Å². The van der Waals surface area contributed by atoms with Crippen molar-refractivity contribution in [3.63, 3.8) is 0 Å². The quantitative estimate of drug-likeness (QED) is 0.101. The average Bonchev–Trinajstić information content (AvgIpc) is 3.80. The van der Waals surface area contributed by atoms with E-state index in [-0.39, 0.29) is 35.3 Å². The van der Waals surface area contributed by atoms with Gasteiger partial charge in [-0.2, -0.15) is 0 Å². The molecule has 3 fully saturated rings. The SMILES string of the molecule is C1CCOC1.CC(C)(C)[Si](C)(C)Oc1ccc(NC(=O)N2CCN(c3ccc(F)cc3F)CC2)cc1.Cl.O=C(Nc1ccc(O)cc1)N1CCN(c2ccc(F)cc2F)CC1. The topological polar surface area (TPSA) is 110 Å². The van der Waals surface area contributed by atoms with Crippen molar-refractivity contribution in [3.05, 3.63) is 108 Å². The van der Waals surface area contributed by atoms with Crippen molar-refractivity contribution < 1.29 is 41.4 Å². The number of halogens is 5. The molecule has 61 heavy (non-hydrogen) atoms. The summed E-state index contributed by atoms with van der Waals surface area (Å²) in [6.07, 6.45) is 2.56. The molecule has 0 unspecified atom stereocenters. The number of aromatic hydroxyl groups is 1. The highest BCUT2D eigenvalue weighted by atomic mass is 35.5. The van der Waals surface area contributed by atoms with E-state index in [1.807, 2.05) is 29.2 Å². The largest absolute Gasteiger partial charge is 0.544 e. The van der Waals surface area contributed by atoms with Gasteiger partial charge in [-0.25, -0.2) is 27.2 Å². The Kier molecular flexibility index (Phi) is 17.5. The maximum Gasteiger partial charge on any atom is 0.321 e.